The maximum Gasteiger partial charge on any atom is 0.360 e. The molecule has 0 fully saturated rings. The van der Waals surface area contributed by atoms with Crippen LogP contribution >= 0.6 is 11.6 Å². The Kier molecular flexibility index (Phi) is 3.62. The number of carbonyl (C=O) groups excluding carboxylic acids is 2. The summed E-state index contributed by atoms with van der Waals surface area (Å²) < 4.78 is 5.92. The fourth-order valence-electron chi connectivity index (χ4n) is 1.62. The van der Waals surface area contributed by atoms with Gasteiger partial charge in [0, 0.05) is 0 Å². The van der Waals surface area contributed by atoms with Gasteiger partial charge in [0.1, 0.15) is 0 Å². The topological polar surface area (TPSA) is 113 Å². The van der Waals surface area contributed by atoms with E-state index in [9.17, 15) is 9.59 Å². The summed E-state index contributed by atoms with van der Waals surface area (Å²) in [5, 5.41) is 4.19. The predicted octanol–water partition coefficient (Wildman–Crippen LogP) is 0.993. The van der Waals surface area contributed by atoms with E-state index in [4.69, 9.17) is 23.1 Å². The summed E-state index contributed by atoms with van der Waals surface area (Å²) in [5.74, 6) is -1.27. The van der Waals surface area contributed by atoms with Crippen molar-refractivity contribution in [2.24, 2.45) is 5.73 Å². The van der Waals surface area contributed by atoms with Crippen molar-refractivity contribution < 1.29 is 14.3 Å². The molecule has 20 heavy (non-hydrogen) atoms. The zero-order chi connectivity index (χ0) is 14.9. The minimum atomic E-state index is -0.638. The average molecular weight is 295 g/mol. The SMILES string of the molecule is COC(=O)c1nn(-c2ccc(C(N)=O)c(Cl)c2)cc1N. The number of nitrogens with zero attached hydrogens (tertiary/aromatic N) is 2. The number of aromatic nitrogens is 2. The number of esters is 1. The summed E-state index contributed by atoms with van der Waals surface area (Å²) >= 11 is 5.95. The molecule has 4 N–H and O–H groups in total. The first kappa shape index (κ1) is 13.9. The number of ether oxygens (including phenoxy) is 1. The fourth-order valence-corrected chi connectivity index (χ4v) is 1.89. The maximum atomic E-state index is 11.4. The van der Waals surface area contributed by atoms with Gasteiger partial charge in [0.25, 0.3) is 0 Å². The second-order valence-corrected chi connectivity index (χ2v) is 4.30. The van der Waals surface area contributed by atoms with Crippen LogP contribution in [-0.2, 0) is 4.74 Å². The van der Waals surface area contributed by atoms with Gasteiger partial charge in [0.15, 0.2) is 5.69 Å². The number of primary amides is 1. The van der Waals surface area contributed by atoms with E-state index in [1.54, 1.807) is 6.07 Å². The zero-order valence-electron chi connectivity index (χ0n) is 10.5. The molecule has 0 saturated heterocycles. The van der Waals surface area contributed by atoms with E-state index in [1.165, 1.54) is 30.1 Å². The van der Waals surface area contributed by atoms with Crippen LogP contribution in [0.5, 0.6) is 0 Å². The van der Waals surface area contributed by atoms with Crippen molar-refractivity contribution in [1.82, 2.24) is 9.78 Å². The molecule has 0 aliphatic rings. The first-order chi connectivity index (χ1) is 9.43. The Bertz CT molecular complexity index is 696. The lowest BCUT2D eigenvalue weighted by Gasteiger charge is -2.04. The Morgan fingerprint density at radius 1 is 1.40 bits per heavy atom. The molecule has 1 amide bonds. The number of carbonyl (C=O) groups is 2. The Hall–Kier alpha value is -2.54. The summed E-state index contributed by atoms with van der Waals surface area (Å²) in [4.78, 5) is 22.5. The molecular formula is C12H11ClN4O3. The smallest absolute Gasteiger partial charge is 0.360 e. The van der Waals surface area contributed by atoms with Crippen LogP contribution in [0.25, 0.3) is 5.69 Å². The van der Waals surface area contributed by atoms with Crippen LogP contribution in [0.4, 0.5) is 5.69 Å². The fraction of sp³-hybridized carbons (Fsp3) is 0.0833. The summed E-state index contributed by atoms with van der Waals surface area (Å²) in [6, 6.07) is 4.55. The molecule has 0 atom stereocenters. The molecule has 104 valence electrons. The summed E-state index contributed by atoms with van der Waals surface area (Å²) in [7, 11) is 1.24. The standard InChI is InChI=1S/C12H11ClN4O3/c1-20-12(19)10-9(14)5-17(16-10)6-2-3-7(11(15)18)8(13)4-6/h2-5H,14H2,1H3,(H2,15,18). The number of nitrogen functional groups attached to an aromatic ring is 1. The van der Waals surface area contributed by atoms with E-state index in [0.717, 1.165) is 0 Å². The Morgan fingerprint density at radius 3 is 2.65 bits per heavy atom. The van der Waals surface area contributed by atoms with Crippen LogP contribution in [0.1, 0.15) is 20.8 Å². The van der Waals surface area contributed by atoms with Crippen LogP contribution in [0, 0.1) is 0 Å². The molecule has 1 aromatic carbocycles. The third kappa shape index (κ3) is 2.43. The number of halogens is 1. The van der Waals surface area contributed by atoms with E-state index in [2.05, 4.69) is 9.84 Å². The van der Waals surface area contributed by atoms with E-state index in [0.29, 0.717) is 5.69 Å². The minimum absolute atomic E-state index is 0.00241. The lowest BCUT2D eigenvalue weighted by atomic mass is 10.2. The Balaban J connectivity index is 2.45. The quantitative estimate of drug-likeness (QED) is 0.820. The molecular weight excluding hydrogens is 284 g/mol. The molecule has 0 spiro atoms. The van der Waals surface area contributed by atoms with Crippen LogP contribution in [-0.4, -0.2) is 28.8 Å². The van der Waals surface area contributed by atoms with Crippen LogP contribution in [0.3, 0.4) is 0 Å². The monoisotopic (exact) mass is 294 g/mol. The minimum Gasteiger partial charge on any atom is -0.464 e. The van der Waals surface area contributed by atoms with Gasteiger partial charge in [-0.05, 0) is 18.2 Å². The van der Waals surface area contributed by atoms with E-state index < -0.39 is 11.9 Å². The molecule has 1 heterocycles. The van der Waals surface area contributed by atoms with Gasteiger partial charge in [-0.25, -0.2) is 9.48 Å². The van der Waals surface area contributed by atoms with Crippen molar-refractivity contribution in [3.8, 4) is 5.69 Å². The molecule has 0 aliphatic heterocycles. The molecule has 0 saturated carbocycles. The first-order valence-electron chi connectivity index (χ1n) is 5.47. The highest BCUT2D eigenvalue weighted by Gasteiger charge is 2.16. The van der Waals surface area contributed by atoms with Crippen molar-refractivity contribution in [1.29, 1.82) is 0 Å². The molecule has 0 unspecified atom stereocenters. The number of anilines is 1. The molecule has 2 rings (SSSR count). The number of methoxy groups -OCH3 is 1. The lowest BCUT2D eigenvalue weighted by molar-refractivity contribution is 0.0594. The van der Waals surface area contributed by atoms with Crippen LogP contribution < -0.4 is 11.5 Å². The molecule has 0 radical (unpaired) electrons. The highest BCUT2D eigenvalue weighted by atomic mass is 35.5. The number of benzene rings is 1. The van der Waals surface area contributed by atoms with Gasteiger partial charge >= 0.3 is 5.97 Å². The number of amides is 1. The molecule has 0 bridgehead atoms. The summed E-state index contributed by atoms with van der Waals surface area (Å²) in [5.41, 5.74) is 11.7. The van der Waals surface area contributed by atoms with E-state index in [-0.39, 0.29) is 22.0 Å². The molecule has 8 heteroatoms. The Labute approximate surface area is 119 Å². The number of nitrogens with two attached hydrogens (primary N) is 2. The maximum absolute atomic E-state index is 11.4. The van der Waals surface area contributed by atoms with Gasteiger partial charge in [0.2, 0.25) is 5.91 Å². The van der Waals surface area contributed by atoms with Crippen molar-refractivity contribution in [2.75, 3.05) is 12.8 Å². The largest absolute Gasteiger partial charge is 0.464 e. The average Bonchev–Trinajstić information content (AvgIpc) is 2.79. The van der Waals surface area contributed by atoms with Crippen LogP contribution in [0.15, 0.2) is 24.4 Å². The van der Waals surface area contributed by atoms with E-state index in [1.807, 2.05) is 0 Å². The lowest BCUT2D eigenvalue weighted by Crippen LogP contribution is -2.12. The zero-order valence-corrected chi connectivity index (χ0v) is 11.2. The van der Waals surface area contributed by atoms with Crippen molar-refractivity contribution in [3.05, 3.63) is 40.7 Å². The molecule has 7 nitrogen and oxygen atoms in total. The van der Waals surface area contributed by atoms with Crippen molar-refractivity contribution in [3.63, 3.8) is 0 Å². The van der Waals surface area contributed by atoms with Gasteiger partial charge < -0.3 is 16.2 Å². The summed E-state index contributed by atoms with van der Waals surface area (Å²) in [6.07, 6.45) is 1.45. The third-order valence-corrected chi connectivity index (χ3v) is 2.92. The first-order valence-corrected chi connectivity index (χ1v) is 5.85. The third-order valence-electron chi connectivity index (χ3n) is 2.60. The second-order valence-electron chi connectivity index (χ2n) is 3.90. The summed E-state index contributed by atoms with van der Waals surface area (Å²) in [6.45, 7) is 0. The predicted molar refractivity (Wildman–Crippen MR) is 72.8 cm³/mol. The second kappa shape index (κ2) is 5.22. The van der Waals surface area contributed by atoms with Gasteiger partial charge in [-0.2, -0.15) is 5.10 Å². The number of hydrogen-bond donors (Lipinski definition) is 2. The molecule has 1 aromatic heterocycles. The molecule has 2 aromatic rings. The van der Waals surface area contributed by atoms with Gasteiger partial charge in [-0.15, -0.1) is 0 Å². The van der Waals surface area contributed by atoms with Gasteiger partial charge in [-0.3, -0.25) is 4.79 Å². The Morgan fingerprint density at radius 2 is 2.10 bits per heavy atom. The number of hydrogen-bond acceptors (Lipinski definition) is 5. The van der Waals surface area contributed by atoms with E-state index >= 15 is 0 Å². The van der Waals surface area contributed by atoms with Gasteiger partial charge in [0.05, 0.1) is 35.3 Å². The normalized spacial score (nSPS) is 10.3. The highest BCUT2D eigenvalue weighted by Crippen LogP contribution is 2.21. The van der Waals surface area contributed by atoms with Crippen LogP contribution in [0.2, 0.25) is 5.02 Å². The van der Waals surface area contributed by atoms with Gasteiger partial charge in [-0.1, -0.05) is 11.6 Å². The van der Waals surface area contributed by atoms with Crippen molar-refractivity contribution in [2.45, 2.75) is 0 Å². The molecule has 0 aliphatic carbocycles. The highest BCUT2D eigenvalue weighted by molar-refractivity contribution is 6.34. The van der Waals surface area contributed by atoms with Crippen molar-refractivity contribution >= 4 is 29.2 Å². The number of rotatable bonds is 3.